The van der Waals surface area contributed by atoms with Crippen LogP contribution in [0.4, 0.5) is 0 Å². The average molecular weight is 242 g/mol. The third-order valence-electron chi connectivity index (χ3n) is 1.65. The van der Waals surface area contributed by atoms with Gasteiger partial charge in [0.2, 0.25) is 0 Å². The van der Waals surface area contributed by atoms with Gasteiger partial charge in [-0.1, -0.05) is 0 Å². The van der Waals surface area contributed by atoms with Crippen molar-refractivity contribution in [1.82, 2.24) is 0 Å². The Balaban J connectivity index is 0.000000245. The third kappa shape index (κ3) is 6.11. The molecule has 0 N–H and O–H groups in total. The van der Waals surface area contributed by atoms with Crippen molar-refractivity contribution in [2.45, 2.75) is 0 Å². The van der Waals surface area contributed by atoms with Gasteiger partial charge in [0.1, 0.15) is 12.6 Å². The maximum Gasteiger partial charge on any atom is 2.00 e. The Bertz CT molecular complexity index is 150. The van der Waals surface area contributed by atoms with Crippen LogP contribution in [0.25, 0.3) is 0 Å². The van der Waals surface area contributed by atoms with E-state index in [1.54, 1.807) is 25.7 Å². The monoisotopic (exact) mass is 242 g/mol. The summed E-state index contributed by atoms with van der Waals surface area (Å²) in [6, 6.07) is 0. The van der Waals surface area contributed by atoms with Gasteiger partial charge in [-0.25, -0.2) is 0 Å². The molecule has 2 nitrogen and oxygen atoms in total. The zero-order valence-corrected chi connectivity index (χ0v) is 9.05. The molecule has 0 bridgehead atoms. The van der Waals surface area contributed by atoms with E-state index in [4.69, 9.17) is 0 Å². The van der Waals surface area contributed by atoms with Crippen LogP contribution < -0.4 is 0 Å². The molecule has 2 aliphatic carbocycles. The number of rotatable bonds is 2. The topological polar surface area (TPSA) is 34.1 Å². The van der Waals surface area contributed by atoms with Crippen LogP contribution in [0.1, 0.15) is 0 Å². The first-order valence-corrected chi connectivity index (χ1v) is 4.20. The van der Waals surface area contributed by atoms with Gasteiger partial charge in [-0.2, -0.15) is 0 Å². The van der Waals surface area contributed by atoms with Crippen LogP contribution in [0.3, 0.4) is 0 Å². The van der Waals surface area contributed by atoms with Crippen molar-refractivity contribution >= 4 is 12.6 Å². The van der Waals surface area contributed by atoms with E-state index >= 15 is 0 Å². The predicted octanol–water partition coefficient (Wildman–Crippen LogP) is 1.18. The Morgan fingerprint density at radius 3 is 1.07 bits per heavy atom. The number of carbonyl (C=O) groups excluding carboxylic acids is 2. The van der Waals surface area contributed by atoms with Gasteiger partial charge >= 0.3 is 17.1 Å². The van der Waals surface area contributed by atoms with Gasteiger partial charge < -0.3 is 9.59 Å². The van der Waals surface area contributed by atoms with E-state index in [1.807, 2.05) is 25.7 Å². The average Bonchev–Trinajstić information content (AvgIpc) is 2.92. The summed E-state index contributed by atoms with van der Waals surface area (Å²) < 4.78 is 0. The Morgan fingerprint density at radius 2 is 0.933 bits per heavy atom. The molecular formula is C12H10FeO2+2. The minimum absolute atomic E-state index is 0. The summed E-state index contributed by atoms with van der Waals surface area (Å²) in [5, 5.41) is 0. The molecule has 0 aromatic carbocycles. The Hall–Kier alpha value is -0.141. The molecule has 15 heavy (non-hydrogen) atoms. The molecule has 10 radical (unpaired) electrons. The fraction of sp³-hybridized carbons (Fsp3) is 0. The molecule has 0 spiro atoms. The standard InChI is InChI=1S/2C6H5O.Fe/c2*7-5-6-3-1-2-4-6;/h2*1-5H;/q;;+2. The van der Waals surface area contributed by atoms with Crippen molar-refractivity contribution in [2.24, 2.45) is 0 Å². The number of hydrogen-bond donors (Lipinski definition) is 0. The van der Waals surface area contributed by atoms with E-state index < -0.39 is 0 Å². The fourth-order valence-electron chi connectivity index (χ4n) is 0.935. The molecule has 2 saturated carbocycles. The van der Waals surface area contributed by atoms with E-state index in [9.17, 15) is 9.59 Å². The molecule has 0 unspecified atom stereocenters. The molecule has 3 heteroatoms. The largest absolute Gasteiger partial charge is 2.00 e. The first kappa shape index (κ1) is 14.9. The molecule has 0 amide bonds. The smallest absolute Gasteiger partial charge is 0.303 e. The molecule has 0 saturated heterocycles. The van der Waals surface area contributed by atoms with E-state index in [0.717, 1.165) is 24.4 Å². The van der Waals surface area contributed by atoms with Crippen LogP contribution in [-0.4, -0.2) is 12.6 Å². The first-order chi connectivity index (χ1) is 6.86. The number of carbonyl (C=O) groups is 2. The maximum absolute atomic E-state index is 9.87. The molecule has 2 rings (SSSR count). The van der Waals surface area contributed by atoms with Gasteiger partial charge in [-0.3, -0.25) is 0 Å². The van der Waals surface area contributed by atoms with Crippen LogP contribution in [0.5, 0.6) is 0 Å². The molecule has 76 valence electrons. The van der Waals surface area contributed by atoms with Crippen LogP contribution in [0.2, 0.25) is 0 Å². The minimum atomic E-state index is 0. The summed E-state index contributed by atoms with van der Waals surface area (Å²) >= 11 is 0. The van der Waals surface area contributed by atoms with Gasteiger partial charge in [-0.15, -0.1) is 0 Å². The molecule has 0 atom stereocenters. The normalized spacial score (nSPS) is 21.3. The van der Waals surface area contributed by atoms with Crippen LogP contribution in [-0.2, 0) is 26.7 Å². The van der Waals surface area contributed by atoms with Gasteiger partial charge in [0, 0.05) is 11.8 Å². The van der Waals surface area contributed by atoms with Gasteiger partial charge in [0.25, 0.3) is 0 Å². The second-order valence-corrected chi connectivity index (χ2v) is 2.67. The fourth-order valence-corrected chi connectivity index (χ4v) is 0.935. The second kappa shape index (κ2) is 9.11. The van der Waals surface area contributed by atoms with Crippen molar-refractivity contribution in [3.8, 4) is 0 Å². The van der Waals surface area contributed by atoms with Crippen molar-refractivity contribution in [3.05, 3.63) is 63.2 Å². The molecule has 2 aliphatic rings. The first-order valence-electron chi connectivity index (χ1n) is 4.20. The van der Waals surface area contributed by atoms with E-state index in [0.29, 0.717) is 0 Å². The summed E-state index contributed by atoms with van der Waals surface area (Å²) in [5.74, 6) is 1.50. The zero-order chi connectivity index (χ0) is 10.2. The number of hydrogen-bond acceptors (Lipinski definition) is 2. The Labute approximate surface area is 103 Å². The van der Waals surface area contributed by atoms with Gasteiger partial charge in [0.05, 0.1) is 0 Å². The summed E-state index contributed by atoms with van der Waals surface area (Å²) in [6.07, 6.45) is 16.1. The molecule has 0 aliphatic heterocycles. The predicted molar refractivity (Wildman–Crippen MR) is 53.0 cm³/mol. The molecule has 0 aromatic rings. The van der Waals surface area contributed by atoms with E-state index in [2.05, 4.69) is 0 Å². The van der Waals surface area contributed by atoms with Crippen LogP contribution in [0.15, 0.2) is 0 Å². The quantitative estimate of drug-likeness (QED) is 0.538. The Morgan fingerprint density at radius 1 is 0.667 bits per heavy atom. The summed E-state index contributed by atoms with van der Waals surface area (Å²) in [5.41, 5.74) is 0. The van der Waals surface area contributed by atoms with Crippen LogP contribution >= 0.6 is 0 Å². The van der Waals surface area contributed by atoms with Gasteiger partial charge in [-0.05, 0) is 51.4 Å². The second-order valence-electron chi connectivity index (χ2n) is 2.67. The third-order valence-corrected chi connectivity index (χ3v) is 1.65. The van der Waals surface area contributed by atoms with Gasteiger partial charge in [0.15, 0.2) is 0 Å². The summed E-state index contributed by atoms with van der Waals surface area (Å²) in [6.45, 7) is 0. The van der Waals surface area contributed by atoms with Crippen molar-refractivity contribution in [2.75, 3.05) is 0 Å². The summed E-state index contributed by atoms with van der Waals surface area (Å²) in [7, 11) is 0. The van der Waals surface area contributed by atoms with Crippen molar-refractivity contribution < 1.29 is 26.7 Å². The van der Waals surface area contributed by atoms with Crippen molar-refractivity contribution in [1.29, 1.82) is 0 Å². The number of aldehydes is 2. The molecule has 0 aromatic heterocycles. The molecule has 2 fully saturated rings. The Kier molecular flexibility index (Phi) is 9.03. The maximum atomic E-state index is 9.87. The minimum Gasteiger partial charge on any atom is -0.303 e. The SMILES string of the molecule is O=C[C]1[CH][CH][CH][CH]1.O=C[C]1[CH][CH][CH][CH]1.[Fe+2]. The summed E-state index contributed by atoms with van der Waals surface area (Å²) in [4.78, 5) is 19.7. The molecular weight excluding hydrogens is 232 g/mol. The van der Waals surface area contributed by atoms with Crippen molar-refractivity contribution in [3.63, 3.8) is 0 Å². The van der Waals surface area contributed by atoms with E-state index in [1.165, 1.54) is 0 Å². The van der Waals surface area contributed by atoms with Crippen LogP contribution in [0, 0.1) is 63.2 Å². The van der Waals surface area contributed by atoms with E-state index in [-0.39, 0.29) is 17.1 Å². The molecule has 0 heterocycles. The zero-order valence-electron chi connectivity index (χ0n) is 7.94.